The summed E-state index contributed by atoms with van der Waals surface area (Å²) in [5, 5.41) is 0. The number of hydrogen-bond acceptors (Lipinski definition) is 3. The van der Waals surface area contributed by atoms with Gasteiger partial charge in [-0.25, -0.2) is 0 Å². The summed E-state index contributed by atoms with van der Waals surface area (Å²) < 4.78 is 12.2. The van der Waals surface area contributed by atoms with Gasteiger partial charge < -0.3 is 9.47 Å². The molecule has 0 amide bonds. The van der Waals surface area contributed by atoms with Gasteiger partial charge in [-0.1, -0.05) is 13.3 Å². The Labute approximate surface area is 129 Å². The van der Waals surface area contributed by atoms with Crippen LogP contribution in [-0.4, -0.2) is 29.2 Å². The van der Waals surface area contributed by atoms with Gasteiger partial charge in [0.05, 0.1) is 17.1 Å². The summed E-state index contributed by atoms with van der Waals surface area (Å²) in [5.41, 5.74) is -1.19. The fraction of sp³-hybridized carbons (Fsp3) is 0.944. The molecule has 21 heavy (non-hydrogen) atoms. The minimum absolute atomic E-state index is 0.0654. The van der Waals surface area contributed by atoms with Crippen molar-refractivity contribution in [1.29, 1.82) is 0 Å². The molecule has 3 atom stereocenters. The molecule has 1 aliphatic carbocycles. The molecule has 2 aliphatic rings. The van der Waals surface area contributed by atoms with E-state index in [1.165, 1.54) is 6.42 Å². The third-order valence-electron chi connectivity index (χ3n) is 5.22. The molecule has 1 heterocycles. The number of Topliss-reactive ketones (excluding diaryl/α,β-unsaturated/α-hetero) is 1. The minimum atomic E-state index is -0.571. The maximum absolute atomic E-state index is 13.4. The number of rotatable bonds is 4. The zero-order chi connectivity index (χ0) is 15.9. The van der Waals surface area contributed by atoms with E-state index in [0.29, 0.717) is 12.5 Å². The highest BCUT2D eigenvalue weighted by atomic mass is 16.5. The molecule has 0 bridgehead atoms. The van der Waals surface area contributed by atoms with Gasteiger partial charge in [-0.05, 0) is 66.2 Å². The van der Waals surface area contributed by atoms with E-state index < -0.39 is 11.2 Å². The second kappa shape index (κ2) is 5.66. The van der Waals surface area contributed by atoms with Crippen LogP contribution in [0.2, 0.25) is 0 Å². The Bertz CT molecular complexity index is 395. The fourth-order valence-electron chi connectivity index (χ4n) is 4.49. The minimum Gasteiger partial charge on any atom is -0.369 e. The molecule has 3 unspecified atom stereocenters. The van der Waals surface area contributed by atoms with Gasteiger partial charge in [0.2, 0.25) is 0 Å². The first-order valence-electron chi connectivity index (χ1n) is 8.50. The topological polar surface area (TPSA) is 35.5 Å². The van der Waals surface area contributed by atoms with Gasteiger partial charge in [0.1, 0.15) is 5.60 Å². The van der Waals surface area contributed by atoms with Crippen LogP contribution in [0.1, 0.15) is 73.6 Å². The molecule has 3 nitrogen and oxygen atoms in total. The van der Waals surface area contributed by atoms with Crippen molar-refractivity contribution >= 4 is 5.78 Å². The van der Waals surface area contributed by atoms with Crippen LogP contribution in [0.15, 0.2) is 0 Å². The van der Waals surface area contributed by atoms with Crippen molar-refractivity contribution in [3.8, 4) is 0 Å². The molecular weight excluding hydrogens is 264 g/mol. The molecule has 0 radical (unpaired) electrons. The molecular formula is C18H32O3. The molecule has 0 aromatic rings. The van der Waals surface area contributed by atoms with Crippen LogP contribution >= 0.6 is 0 Å². The average molecular weight is 296 g/mol. The summed E-state index contributed by atoms with van der Waals surface area (Å²) in [7, 11) is 0. The van der Waals surface area contributed by atoms with Crippen LogP contribution < -0.4 is 0 Å². The molecule has 2 rings (SSSR count). The van der Waals surface area contributed by atoms with Crippen LogP contribution in [0, 0.1) is 11.8 Å². The SMILES string of the molecule is CCOC1(C(=O)C2CC(C)(C)OC2(C)C)CCCC(C)C1. The summed E-state index contributed by atoms with van der Waals surface area (Å²) in [6.45, 7) is 13.1. The Balaban J connectivity index is 2.27. The first-order chi connectivity index (χ1) is 9.62. The van der Waals surface area contributed by atoms with Crippen molar-refractivity contribution in [1.82, 2.24) is 0 Å². The first kappa shape index (κ1) is 17.0. The monoisotopic (exact) mass is 296 g/mol. The van der Waals surface area contributed by atoms with Gasteiger partial charge in [0.25, 0.3) is 0 Å². The van der Waals surface area contributed by atoms with Gasteiger partial charge in [0.15, 0.2) is 5.78 Å². The molecule has 0 N–H and O–H groups in total. The Morgan fingerprint density at radius 2 is 1.90 bits per heavy atom. The summed E-state index contributed by atoms with van der Waals surface area (Å²) in [5.74, 6) is 0.781. The Morgan fingerprint density at radius 3 is 2.38 bits per heavy atom. The smallest absolute Gasteiger partial charge is 0.170 e. The van der Waals surface area contributed by atoms with E-state index in [9.17, 15) is 4.79 Å². The highest BCUT2D eigenvalue weighted by molar-refractivity contribution is 5.91. The molecule has 122 valence electrons. The van der Waals surface area contributed by atoms with E-state index in [4.69, 9.17) is 9.47 Å². The van der Waals surface area contributed by atoms with E-state index in [-0.39, 0.29) is 17.3 Å². The zero-order valence-electron chi connectivity index (χ0n) is 14.6. The van der Waals surface area contributed by atoms with Crippen molar-refractivity contribution in [3.05, 3.63) is 0 Å². The van der Waals surface area contributed by atoms with E-state index >= 15 is 0 Å². The van der Waals surface area contributed by atoms with Gasteiger partial charge in [0, 0.05) is 6.61 Å². The summed E-state index contributed by atoms with van der Waals surface area (Å²) in [4.78, 5) is 13.4. The lowest BCUT2D eigenvalue weighted by Gasteiger charge is -2.41. The van der Waals surface area contributed by atoms with Crippen molar-refractivity contribution in [2.45, 2.75) is 90.4 Å². The predicted molar refractivity (Wildman–Crippen MR) is 84.3 cm³/mol. The average Bonchev–Trinajstić information content (AvgIpc) is 2.56. The molecule has 0 spiro atoms. The maximum Gasteiger partial charge on any atom is 0.170 e. The second-order valence-electron chi connectivity index (χ2n) is 8.21. The number of ketones is 1. The molecule has 1 saturated carbocycles. The largest absolute Gasteiger partial charge is 0.369 e. The van der Waals surface area contributed by atoms with Crippen LogP contribution in [0.4, 0.5) is 0 Å². The predicted octanol–water partition coefficient (Wildman–Crippen LogP) is 4.13. The number of carbonyl (C=O) groups excluding carboxylic acids is 1. The van der Waals surface area contributed by atoms with Gasteiger partial charge in [-0.15, -0.1) is 0 Å². The Kier molecular flexibility index (Phi) is 4.57. The first-order valence-corrected chi connectivity index (χ1v) is 8.50. The lowest BCUT2D eigenvalue weighted by atomic mass is 9.69. The van der Waals surface area contributed by atoms with Crippen molar-refractivity contribution in [2.75, 3.05) is 6.61 Å². The lowest BCUT2D eigenvalue weighted by molar-refractivity contribution is -0.161. The summed E-state index contributed by atoms with van der Waals surface area (Å²) in [6.07, 6.45) is 4.83. The number of carbonyl (C=O) groups is 1. The van der Waals surface area contributed by atoms with Crippen LogP contribution in [0.25, 0.3) is 0 Å². The zero-order valence-corrected chi connectivity index (χ0v) is 14.6. The highest BCUT2D eigenvalue weighted by Crippen LogP contribution is 2.47. The highest BCUT2D eigenvalue weighted by Gasteiger charge is 2.55. The van der Waals surface area contributed by atoms with Crippen LogP contribution in [-0.2, 0) is 14.3 Å². The third kappa shape index (κ3) is 3.34. The van der Waals surface area contributed by atoms with Crippen molar-refractivity contribution in [3.63, 3.8) is 0 Å². The van der Waals surface area contributed by atoms with Crippen molar-refractivity contribution < 1.29 is 14.3 Å². The van der Waals surface area contributed by atoms with E-state index in [2.05, 4.69) is 34.6 Å². The Morgan fingerprint density at radius 1 is 1.24 bits per heavy atom. The molecule has 3 heteroatoms. The third-order valence-corrected chi connectivity index (χ3v) is 5.22. The van der Waals surface area contributed by atoms with Crippen LogP contribution in [0.3, 0.4) is 0 Å². The quantitative estimate of drug-likeness (QED) is 0.782. The van der Waals surface area contributed by atoms with E-state index in [1.807, 2.05) is 6.92 Å². The van der Waals surface area contributed by atoms with Gasteiger partial charge in [-0.2, -0.15) is 0 Å². The van der Waals surface area contributed by atoms with Crippen LogP contribution in [0.5, 0.6) is 0 Å². The summed E-state index contributed by atoms with van der Waals surface area (Å²) >= 11 is 0. The van der Waals surface area contributed by atoms with E-state index in [1.54, 1.807) is 0 Å². The van der Waals surface area contributed by atoms with Crippen molar-refractivity contribution in [2.24, 2.45) is 11.8 Å². The standard InChI is InChI=1S/C18H32O3/c1-7-20-18(10-8-9-13(2)11-18)15(19)14-12-16(3,4)21-17(14,5)6/h13-14H,7-12H2,1-6H3. The molecule has 2 fully saturated rings. The Hall–Kier alpha value is -0.410. The van der Waals surface area contributed by atoms with Gasteiger partial charge in [-0.3, -0.25) is 4.79 Å². The normalized spacial score (nSPS) is 38.4. The number of ether oxygens (including phenoxy) is 2. The molecule has 0 aromatic heterocycles. The molecule has 0 aromatic carbocycles. The van der Waals surface area contributed by atoms with Gasteiger partial charge >= 0.3 is 0 Å². The van der Waals surface area contributed by atoms with E-state index in [0.717, 1.165) is 25.7 Å². The lowest BCUT2D eigenvalue weighted by Crippen LogP contribution is -2.51. The summed E-state index contributed by atoms with van der Waals surface area (Å²) in [6, 6.07) is 0. The second-order valence-corrected chi connectivity index (χ2v) is 8.21. The fourth-order valence-corrected chi connectivity index (χ4v) is 4.49. The molecule has 1 aliphatic heterocycles. The molecule has 1 saturated heterocycles. The maximum atomic E-state index is 13.4. The number of hydrogen-bond donors (Lipinski definition) is 0.